The number of nitrogens with two attached hydrogens (primary N) is 1. The molecule has 2 heterocycles. The van der Waals surface area contributed by atoms with Gasteiger partial charge in [0.05, 0.1) is 12.6 Å². The lowest BCUT2D eigenvalue weighted by atomic mass is 10.1. The van der Waals surface area contributed by atoms with E-state index in [9.17, 15) is 0 Å². The van der Waals surface area contributed by atoms with Crippen LogP contribution in [0.2, 0.25) is 0 Å². The largest absolute Gasteiger partial charge is 0.379 e. The van der Waals surface area contributed by atoms with Crippen molar-refractivity contribution < 1.29 is 4.74 Å². The molecule has 1 atom stereocenters. The lowest BCUT2D eigenvalue weighted by Crippen LogP contribution is -2.30. The molecular formula is C11H17N3O. The summed E-state index contributed by atoms with van der Waals surface area (Å²) in [5, 5.41) is 3.36. The molecule has 1 aromatic rings. The second-order valence-electron chi connectivity index (χ2n) is 3.81. The minimum absolute atomic E-state index is 0.388. The zero-order valence-corrected chi connectivity index (χ0v) is 8.78. The van der Waals surface area contributed by atoms with Gasteiger partial charge in [0.2, 0.25) is 0 Å². The number of anilines is 1. The molecule has 0 aromatic carbocycles. The van der Waals surface area contributed by atoms with Crippen LogP contribution < -0.4 is 11.1 Å². The molecule has 1 aromatic heterocycles. The van der Waals surface area contributed by atoms with Crippen LogP contribution >= 0.6 is 0 Å². The normalized spacial score (nSPS) is 21.3. The molecule has 0 radical (unpaired) electrons. The third kappa shape index (κ3) is 2.91. The van der Waals surface area contributed by atoms with Gasteiger partial charge in [0.1, 0.15) is 5.82 Å². The van der Waals surface area contributed by atoms with Crippen LogP contribution in [0.25, 0.3) is 0 Å². The summed E-state index contributed by atoms with van der Waals surface area (Å²) in [6.07, 6.45) is 4.05. The highest BCUT2D eigenvalue weighted by Gasteiger charge is 2.13. The van der Waals surface area contributed by atoms with Crippen LogP contribution in [0.4, 0.5) is 5.82 Å². The predicted octanol–water partition coefficient (Wildman–Crippen LogP) is 1.13. The number of nitrogens with one attached hydrogen (secondary N) is 1. The summed E-state index contributed by atoms with van der Waals surface area (Å²) in [5.41, 5.74) is 6.67. The molecule has 15 heavy (non-hydrogen) atoms. The molecule has 1 fully saturated rings. The van der Waals surface area contributed by atoms with E-state index in [-0.39, 0.29) is 0 Å². The van der Waals surface area contributed by atoms with Gasteiger partial charge < -0.3 is 15.8 Å². The minimum Gasteiger partial charge on any atom is -0.379 e. The van der Waals surface area contributed by atoms with Gasteiger partial charge >= 0.3 is 0 Å². The van der Waals surface area contributed by atoms with Crippen LogP contribution in [-0.4, -0.2) is 24.2 Å². The fourth-order valence-electron chi connectivity index (χ4n) is 1.74. The SMILES string of the molecule is NCc1ccnc(NC2CCCOC2)c1. The van der Waals surface area contributed by atoms with Gasteiger partial charge in [-0.1, -0.05) is 0 Å². The quantitative estimate of drug-likeness (QED) is 0.780. The van der Waals surface area contributed by atoms with E-state index in [1.54, 1.807) is 6.20 Å². The van der Waals surface area contributed by atoms with Crippen molar-refractivity contribution in [1.82, 2.24) is 4.98 Å². The maximum absolute atomic E-state index is 5.57. The first kappa shape index (κ1) is 10.4. The average Bonchev–Trinajstić information content (AvgIpc) is 2.31. The Morgan fingerprint density at radius 1 is 1.60 bits per heavy atom. The van der Waals surface area contributed by atoms with Crippen LogP contribution in [0.3, 0.4) is 0 Å². The van der Waals surface area contributed by atoms with Crippen molar-refractivity contribution in [3.63, 3.8) is 0 Å². The van der Waals surface area contributed by atoms with Crippen LogP contribution in [0.15, 0.2) is 18.3 Å². The Morgan fingerprint density at radius 3 is 3.27 bits per heavy atom. The van der Waals surface area contributed by atoms with Gasteiger partial charge in [0, 0.05) is 19.3 Å². The lowest BCUT2D eigenvalue weighted by molar-refractivity contribution is 0.0875. The first-order valence-corrected chi connectivity index (χ1v) is 5.38. The van der Waals surface area contributed by atoms with E-state index in [0.29, 0.717) is 12.6 Å². The van der Waals surface area contributed by atoms with Crippen molar-refractivity contribution >= 4 is 5.82 Å². The van der Waals surface area contributed by atoms with Gasteiger partial charge in [-0.05, 0) is 30.5 Å². The molecule has 4 nitrogen and oxygen atoms in total. The van der Waals surface area contributed by atoms with Gasteiger partial charge in [-0.3, -0.25) is 0 Å². The molecule has 0 aliphatic carbocycles. The highest BCUT2D eigenvalue weighted by atomic mass is 16.5. The highest BCUT2D eigenvalue weighted by molar-refractivity contribution is 5.38. The second kappa shape index (κ2) is 5.09. The molecule has 82 valence electrons. The summed E-state index contributed by atoms with van der Waals surface area (Å²) in [7, 11) is 0. The number of aromatic nitrogens is 1. The van der Waals surface area contributed by atoms with Gasteiger partial charge in [0.15, 0.2) is 0 Å². The van der Waals surface area contributed by atoms with E-state index in [2.05, 4.69) is 10.3 Å². The number of hydrogen-bond acceptors (Lipinski definition) is 4. The van der Waals surface area contributed by atoms with Crippen molar-refractivity contribution in [2.24, 2.45) is 5.73 Å². The Balaban J connectivity index is 1.96. The monoisotopic (exact) mass is 207 g/mol. The average molecular weight is 207 g/mol. The van der Waals surface area contributed by atoms with Crippen molar-refractivity contribution in [1.29, 1.82) is 0 Å². The summed E-state index contributed by atoms with van der Waals surface area (Å²) in [4.78, 5) is 4.26. The Labute approximate surface area is 89.8 Å². The van der Waals surface area contributed by atoms with E-state index in [4.69, 9.17) is 10.5 Å². The summed E-state index contributed by atoms with van der Waals surface area (Å²) in [6, 6.07) is 4.32. The summed E-state index contributed by atoms with van der Waals surface area (Å²) in [6.45, 7) is 2.21. The van der Waals surface area contributed by atoms with Crippen molar-refractivity contribution in [2.75, 3.05) is 18.5 Å². The van der Waals surface area contributed by atoms with Gasteiger partial charge in [-0.25, -0.2) is 4.98 Å². The smallest absolute Gasteiger partial charge is 0.126 e. The Kier molecular flexibility index (Phi) is 3.53. The number of nitrogens with zero attached hydrogens (tertiary/aromatic N) is 1. The molecule has 1 unspecified atom stereocenters. The van der Waals surface area contributed by atoms with Gasteiger partial charge in [-0.15, -0.1) is 0 Å². The minimum atomic E-state index is 0.388. The maximum atomic E-state index is 5.57. The van der Waals surface area contributed by atoms with Crippen LogP contribution in [0, 0.1) is 0 Å². The van der Waals surface area contributed by atoms with Crippen LogP contribution in [-0.2, 0) is 11.3 Å². The van der Waals surface area contributed by atoms with E-state index in [0.717, 1.165) is 37.4 Å². The number of hydrogen-bond donors (Lipinski definition) is 2. The molecule has 0 bridgehead atoms. The zero-order valence-electron chi connectivity index (χ0n) is 8.78. The third-order valence-corrected chi connectivity index (χ3v) is 2.57. The summed E-state index contributed by atoms with van der Waals surface area (Å²) < 4.78 is 5.40. The van der Waals surface area contributed by atoms with E-state index in [1.165, 1.54) is 0 Å². The molecule has 1 aliphatic heterocycles. The lowest BCUT2D eigenvalue weighted by Gasteiger charge is -2.23. The molecule has 4 heteroatoms. The fraction of sp³-hybridized carbons (Fsp3) is 0.545. The van der Waals surface area contributed by atoms with E-state index in [1.807, 2.05) is 12.1 Å². The molecule has 2 rings (SSSR count). The van der Waals surface area contributed by atoms with Gasteiger partial charge in [-0.2, -0.15) is 0 Å². The third-order valence-electron chi connectivity index (χ3n) is 2.57. The first-order valence-electron chi connectivity index (χ1n) is 5.38. The van der Waals surface area contributed by atoms with Gasteiger partial charge in [0.25, 0.3) is 0 Å². The second-order valence-corrected chi connectivity index (χ2v) is 3.81. The van der Waals surface area contributed by atoms with E-state index < -0.39 is 0 Å². The number of ether oxygens (including phenoxy) is 1. The fourth-order valence-corrected chi connectivity index (χ4v) is 1.74. The van der Waals surface area contributed by atoms with Crippen molar-refractivity contribution in [3.8, 4) is 0 Å². The van der Waals surface area contributed by atoms with Crippen molar-refractivity contribution in [2.45, 2.75) is 25.4 Å². The predicted molar refractivity (Wildman–Crippen MR) is 59.6 cm³/mol. The highest BCUT2D eigenvalue weighted by Crippen LogP contribution is 2.13. The number of pyridine rings is 1. The number of rotatable bonds is 3. The van der Waals surface area contributed by atoms with Crippen LogP contribution in [0.1, 0.15) is 18.4 Å². The zero-order chi connectivity index (χ0) is 10.5. The molecule has 1 saturated heterocycles. The van der Waals surface area contributed by atoms with E-state index >= 15 is 0 Å². The Morgan fingerprint density at radius 2 is 2.53 bits per heavy atom. The molecule has 0 amide bonds. The molecular weight excluding hydrogens is 190 g/mol. The maximum Gasteiger partial charge on any atom is 0.126 e. The molecule has 3 N–H and O–H groups in total. The topological polar surface area (TPSA) is 60.2 Å². The molecule has 0 saturated carbocycles. The molecule has 0 spiro atoms. The summed E-state index contributed by atoms with van der Waals surface area (Å²) in [5.74, 6) is 0.897. The molecule has 1 aliphatic rings. The Hall–Kier alpha value is -1.13. The standard InChI is InChI=1S/C11H17N3O/c12-7-9-3-4-13-11(6-9)14-10-2-1-5-15-8-10/h3-4,6,10H,1-2,5,7-8,12H2,(H,13,14). The van der Waals surface area contributed by atoms with Crippen LogP contribution in [0.5, 0.6) is 0 Å². The van der Waals surface area contributed by atoms with Crippen molar-refractivity contribution in [3.05, 3.63) is 23.9 Å². The Bertz CT molecular complexity index is 310. The summed E-state index contributed by atoms with van der Waals surface area (Å²) >= 11 is 0. The first-order chi connectivity index (χ1) is 7.38.